The second kappa shape index (κ2) is 8.87. The van der Waals surface area contributed by atoms with Gasteiger partial charge in [-0.15, -0.1) is 0 Å². The Labute approximate surface area is 40.1 Å². The molecule has 0 spiro atoms. The van der Waals surface area contributed by atoms with Crippen LogP contribution in [0.3, 0.4) is 0 Å². The van der Waals surface area contributed by atoms with Gasteiger partial charge in [-0.1, -0.05) is 13.3 Å². The molecule has 0 aliphatic heterocycles. The van der Waals surface area contributed by atoms with Gasteiger partial charge in [-0.3, -0.25) is 0 Å². The minimum atomic E-state index is 0. The lowest BCUT2D eigenvalue weighted by molar-refractivity contribution is 0.807. The third-order valence-corrected chi connectivity index (χ3v) is 0.558. The summed E-state index contributed by atoms with van der Waals surface area (Å²) in [6, 6.07) is 0. The van der Waals surface area contributed by atoms with Crippen molar-refractivity contribution in [3.05, 3.63) is 0 Å². The molecule has 0 amide bonds. The zero-order valence-electron chi connectivity index (χ0n) is 4.20. The molecule has 2 heteroatoms. The fraction of sp³-hybridized carbons (Fsp3) is 1.00. The number of hydrogen-bond acceptors (Lipinski definition) is 1. The fourth-order valence-electron chi connectivity index (χ4n) is 0.204. The van der Waals surface area contributed by atoms with E-state index < -0.39 is 0 Å². The summed E-state index contributed by atoms with van der Waals surface area (Å²) in [6.07, 6.45) is 2.39. The van der Waals surface area contributed by atoms with Gasteiger partial charge in [0.05, 0.1) is 0 Å². The Hall–Kier alpha value is -0.0800. The lowest BCUT2D eigenvalue weighted by Crippen LogP contribution is -1.95. The minimum absolute atomic E-state index is 0. The SMILES string of the molecule is CCCCN.O.[HH]. The maximum Gasteiger partial charge on any atom is 0 e. The topological polar surface area (TPSA) is 57.5 Å². The van der Waals surface area contributed by atoms with Crippen molar-refractivity contribution in [3.8, 4) is 0 Å². The Balaban J connectivity index is -0.0000000800. The monoisotopic (exact) mass is 93.1 g/mol. The van der Waals surface area contributed by atoms with E-state index in [-0.39, 0.29) is 6.90 Å². The summed E-state index contributed by atoms with van der Waals surface area (Å²) >= 11 is 0. The van der Waals surface area contributed by atoms with Crippen LogP contribution in [-0.4, -0.2) is 12.0 Å². The molecule has 0 aromatic carbocycles. The summed E-state index contributed by atoms with van der Waals surface area (Å²) in [6.45, 7) is 2.98. The van der Waals surface area contributed by atoms with Gasteiger partial charge in [0.15, 0.2) is 0 Å². The van der Waals surface area contributed by atoms with Crippen molar-refractivity contribution in [2.75, 3.05) is 6.54 Å². The predicted molar refractivity (Wildman–Crippen MR) is 29.7 cm³/mol. The lowest BCUT2D eigenvalue weighted by Gasteiger charge is -1.80. The van der Waals surface area contributed by atoms with Crippen LogP contribution >= 0.6 is 0 Å². The molecule has 0 radical (unpaired) electrons. The van der Waals surface area contributed by atoms with Gasteiger partial charge >= 0.3 is 0 Å². The molecule has 0 atom stereocenters. The Morgan fingerprint density at radius 3 is 2.17 bits per heavy atom. The van der Waals surface area contributed by atoms with Crippen molar-refractivity contribution in [1.29, 1.82) is 0 Å². The molecular formula is C4H15NO. The summed E-state index contributed by atoms with van der Waals surface area (Å²) in [4.78, 5) is 0. The van der Waals surface area contributed by atoms with Gasteiger partial charge in [0, 0.05) is 1.43 Å². The summed E-state index contributed by atoms with van der Waals surface area (Å²) < 4.78 is 0. The Morgan fingerprint density at radius 2 is 2.17 bits per heavy atom. The number of nitrogens with two attached hydrogens (primary N) is 1. The molecule has 0 heterocycles. The van der Waals surface area contributed by atoms with Crippen LogP contribution in [0.25, 0.3) is 0 Å². The molecule has 0 unspecified atom stereocenters. The molecule has 0 aliphatic rings. The van der Waals surface area contributed by atoms with Crippen LogP contribution in [0.2, 0.25) is 0 Å². The smallest absolute Gasteiger partial charge is 0 e. The molecule has 0 saturated heterocycles. The van der Waals surface area contributed by atoms with E-state index in [1.165, 1.54) is 12.8 Å². The molecule has 0 saturated carbocycles. The highest BCUT2D eigenvalue weighted by Gasteiger charge is 1.67. The van der Waals surface area contributed by atoms with Crippen molar-refractivity contribution < 1.29 is 6.90 Å². The number of hydrogen-bond donors (Lipinski definition) is 1. The van der Waals surface area contributed by atoms with E-state index in [0.717, 1.165) is 6.54 Å². The van der Waals surface area contributed by atoms with E-state index in [0.29, 0.717) is 0 Å². The first-order valence-electron chi connectivity index (χ1n) is 2.12. The molecule has 0 rings (SSSR count). The molecule has 0 fully saturated rings. The first-order valence-corrected chi connectivity index (χ1v) is 2.12. The first-order chi connectivity index (χ1) is 2.41. The quantitative estimate of drug-likeness (QED) is 0.519. The predicted octanol–water partition coefficient (Wildman–Crippen LogP) is 0.167. The van der Waals surface area contributed by atoms with Crippen LogP contribution in [0.5, 0.6) is 0 Å². The second-order valence-electron chi connectivity index (χ2n) is 1.14. The van der Waals surface area contributed by atoms with Crippen LogP contribution in [0, 0.1) is 0 Å². The van der Waals surface area contributed by atoms with E-state index in [1.807, 2.05) is 0 Å². The van der Waals surface area contributed by atoms with Crippen LogP contribution in [-0.2, 0) is 0 Å². The van der Waals surface area contributed by atoms with Crippen LogP contribution < -0.4 is 5.73 Å². The third kappa shape index (κ3) is 9.07. The van der Waals surface area contributed by atoms with Gasteiger partial charge in [-0.05, 0) is 13.0 Å². The van der Waals surface area contributed by atoms with E-state index in [1.54, 1.807) is 0 Å². The van der Waals surface area contributed by atoms with E-state index in [4.69, 9.17) is 5.73 Å². The molecule has 2 nitrogen and oxygen atoms in total. The molecule has 4 N–H and O–H groups in total. The average Bonchev–Trinajstić information content (AvgIpc) is 1.41. The lowest BCUT2D eigenvalue weighted by atomic mass is 10.3. The fourth-order valence-corrected chi connectivity index (χ4v) is 0.204. The second-order valence-corrected chi connectivity index (χ2v) is 1.14. The van der Waals surface area contributed by atoms with Crippen molar-refractivity contribution in [1.82, 2.24) is 0 Å². The molecular weight excluding hydrogens is 78.0 g/mol. The summed E-state index contributed by atoms with van der Waals surface area (Å²) in [5, 5.41) is 0. The number of rotatable bonds is 2. The molecule has 0 aliphatic carbocycles. The third-order valence-electron chi connectivity index (χ3n) is 0.558. The highest BCUT2D eigenvalue weighted by atomic mass is 16.0. The summed E-state index contributed by atoms with van der Waals surface area (Å²) in [7, 11) is 0. The Kier molecular flexibility index (Phi) is 13.8. The zero-order chi connectivity index (χ0) is 4.12. The van der Waals surface area contributed by atoms with Crippen LogP contribution in [0.15, 0.2) is 0 Å². The summed E-state index contributed by atoms with van der Waals surface area (Å²) in [5.41, 5.74) is 5.14. The van der Waals surface area contributed by atoms with Gasteiger partial charge < -0.3 is 11.2 Å². The van der Waals surface area contributed by atoms with Crippen LogP contribution in [0.4, 0.5) is 0 Å². The van der Waals surface area contributed by atoms with Crippen LogP contribution in [0.1, 0.15) is 21.2 Å². The van der Waals surface area contributed by atoms with Crippen molar-refractivity contribution >= 4 is 0 Å². The maximum atomic E-state index is 5.14. The highest BCUT2D eigenvalue weighted by molar-refractivity contribution is 4.29. The van der Waals surface area contributed by atoms with Gasteiger partial charge in [0.2, 0.25) is 0 Å². The van der Waals surface area contributed by atoms with E-state index in [2.05, 4.69) is 6.92 Å². The van der Waals surface area contributed by atoms with Crippen molar-refractivity contribution in [2.45, 2.75) is 19.8 Å². The molecule has 0 aromatic heterocycles. The highest BCUT2D eigenvalue weighted by Crippen LogP contribution is 1.77. The Bertz CT molecular complexity index is 19.2. The van der Waals surface area contributed by atoms with Gasteiger partial charge in [-0.25, -0.2) is 0 Å². The standard InChI is InChI=1S/C4H11N.H2O.H2/c1-2-3-4-5;;/h2-5H2,1H3;1H2;1H. The van der Waals surface area contributed by atoms with Gasteiger partial charge in [0.1, 0.15) is 0 Å². The van der Waals surface area contributed by atoms with Gasteiger partial charge in [-0.2, -0.15) is 0 Å². The largest absolute Gasteiger partial charge is 0.412 e. The normalized spacial score (nSPS) is 7.00. The maximum absolute atomic E-state index is 5.14. The minimum Gasteiger partial charge on any atom is -0.412 e. The molecule has 6 heavy (non-hydrogen) atoms. The van der Waals surface area contributed by atoms with Crippen molar-refractivity contribution in [3.63, 3.8) is 0 Å². The summed E-state index contributed by atoms with van der Waals surface area (Å²) in [5.74, 6) is 0. The Morgan fingerprint density at radius 1 is 1.67 bits per heavy atom. The zero-order valence-corrected chi connectivity index (χ0v) is 4.20. The van der Waals surface area contributed by atoms with E-state index in [9.17, 15) is 0 Å². The van der Waals surface area contributed by atoms with Crippen molar-refractivity contribution in [2.24, 2.45) is 5.73 Å². The first kappa shape index (κ1) is 9.33. The van der Waals surface area contributed by atoms with E-state index >= 15 is 0 Å². The van der Waals surface area contributed by atoms with Gasteiger partial charge in [0.25, 0.3) is 0 Å². The average molecular weight is 93.2 g/mol. The molecule has 42 valence electrons. The number of unbranched alkanes of at least 4 members (excludes halogenated alkanes) is 1. The molecule has 0 bridgehead atoms. The molecule has 0 aromatic rings.